The van der Waals surface area contributed by atoms with Crippen molar-refractivity contribution in [3.05, 3.63) is 35.4 Å². The summed E-state index contributed by atoms with van der Waals surface area (Å²) in [6.45, 7) is 2.62. The normalized spacial score (nSPS) is 17.8. The molecule has 1 atom stereocenters. The first-order valence-electron chi connectivity index (χ1n) is 5.72. The average Bonchev–Trinajstić information content (AvgIpc) is 3.07. The summed E-state index contributed by atoms with van der Waals surface area (Å²) in [6, 6.07) is 4.81. The van der Waals surface area contributed by atoms with Crippen molar-refractivity contribution in [3.8, 4) is 0 Å². The molecule has 1 saturated carbocycles. The van der Waals surface area contributed by atoms with E-state index in [1.165, 1.54) is 12.8 Å². The summed E-state index contributed by atoms with van der Waals surface area (Å²) in [6.07, 6.45) is 2.52. The first kappa shape index (κ1) is 11.5. The van der Waals surface area contributed by atoms with E-state index in [1.54, 1.807) is 12.1 Å². The molecule has 0 heterocycles. The fourth-order valence-corrected chi connectivity index (χ4v) is 2.02. The zero-order valence-electron chi connectivity index (χ0n) is 9.71. The maximum absolute atomic E-state index is 13.4. The molecule has 1 aliphatic rings. The molecule has 0 saturated heterocycles. The van der Waals surface area contributed by atoms with Crippen LogP contribution in [0.25, 0.3) is 0 Å². The van der Waals surface area contributed by atoms with Gasteiger partial charge in [-0.2, -0.15) is 0 Å². The Hall–Kier alpha value is -0.960. The lowest BCUT2D eigenvalue weighted by Gasteiger charge is -2.24. The Labute approximate surface area is 95.1 Å². The van der Waals surface area contributed by atoms with E-state index in [4.69, 9.17) is 0 Å². The summed E-state index contributed by atoms with van der Waals surface area (Å²) >= 11 is 0. The molecule has 1 fully saturated rings. The van der Waals surface area contributed by atoms with Gasteiger partial charge in [-0.1, -0.05) is 12.1 Å². The zero-order valence-corrected chi connectivity index (χ0v) is 9.71. The third-order valence-corrected chi connectivity index (χ3v) is 3.45. The molecule has 0 aliphatic heterocycles. The molecule has 0 aromatic heterocycles. The predicted molar refractivity (Wildman–Crippen MR) is 60.0 cm³/mol. The molecule has 0 N–H and O–H groups in total. The highest BCUT2D eigenvalue weighted by atomic mass is 19.2. The van der Waals surface area contributed by atoms with Crippen LogP contribution >= 0.6 is 0 Å². The van der Waals surface area contributed by atoms with Gasteiger partial charge in [0.1, 0.15) is 0 Å². The second kappa shape index (κ2) is 4.50. The molecule has 1 aliphatic carbocycles. The topological polar surface area (TPSA) is 3.24 Å². The van der Waals surface area contributed by atoms with Crippen LogP contribution in [-0.4, -0.2) is 18.0 Å². The van der Waals surface area contributed by atoms with E-state index in [9.17, 15) is 8.78 Å². The van der Waals surface area contributed by atoms with E-state index < -0.39 is 11.6 Å². The monoisotopic (exact) mass is 225 g/mol. The van der Waals surface area contributed by atoms with E-state index >= 15 is 0 Å². The zero-order chi connectivity index (χ0) is 11.7. The summed E-state index contributed by atoms with van der Waals surface area (Å²) in [5.41, 5.74) is 0.440. The van der Waals surface area contributed by atoms with E-state index in [0.29, 0.717) is 18.2 Å². The maximum Gasteiger partial charge on any atom is 0.163 e. The maximum atomic E-state index is 13.4. The minimum Gasteiger partial charge on any atom is -0.299 e. The van der Waals surface area contributed by atoms with Crippen molar-refractivity contribution in [2.24, 2.45) is 5.92 Å². The van der Waals surface area contributed by atoms with Gasteiger partial charge in [0.2, 0.25) is 0 Å². The molecular formula is C13H17F2N. The van der Waals surface area contributed by atoms with Crippen LogP contribution in [-0.2, 0) is 6.54 Å². The lowest BCUT2D eigenvalue weighted by Crippen LogP contribution is -2.30. The highest BCUT2D eigenvalue weighted by molar-refractivity contribution is 5.18. The summed E-state index contributed by atoms with van der Waals surface area (Å²) in [4.78, 5) is 2.09. The molecule has 0 spiro atoms. The molecule has 0 radical (unpaired) electrons. The van der Waals surface area contributed by atoms with Gasteiger partial charge in [0.25, 0.3) is 0 Å². The van der Waals surface area contributed by atoms with Gasteiger partial charge >= 0.3 is 0 Å². The van der Waals surface area contributed by atoms with Crippen LogP contribution in [0.2, 0.25) is 0 Å². The van der Waals surface area contributed by atoms with Crippen LogP contribution < -0.4 is 0 Å². The number of nitrogens with zero attached hydrogens (tertiary/aromatic N) is 1. The van der Waals surface area contributed by atoms with Crippen molar-refractivity contribution in [3.63, 3.8) is 0 Å². The van der Waals surface area contributed by atoms with Gasteiger partial charge in [0, 0.05) is 18.2 Å². The van der Waals surface area contributed by atoms with Crippen LogP contribution in [0.5, 0.6) is 0 Å². The van der Waals surface area contributed by atoms with Crippen molar-refractivity contribution in [2.45, 2.75) is 32.4 Å². The summed E-state index contributed by atoms with van der Waals surface area (Å²) in [7, 11) is 1.97. The van der Waals surface area contributed by atoms with Crippen LogP contribution in [0.4, 0.5) is 8.78 Å². The van der Waals surface area contributed by atoms with Gasteiger partial charge < -0.3 is 0 Å². The second-order valence-electron chi connectivity index (χ2n) is 4.71. The number of rotatable bonds is 4. The van der Waals surface area contributed by atoms with Crippen LogP contribution in [0.3, 0.4) is 0 Å². The second-order valence-corrected chi connectivity index (χ2v) is 4.71. The quantitative estimate of drug-likeness (QED) is 0.760. The standard InChI is InChI=1S/C13H17F2N/c1-9(10-6-7-10)16(2)8-11-4-3-5-12(14)13(11)15/h3-5,9-10H,6-8H2,1-2H3. The number of benzene rings is 1. The fraction of sp³-hybridized carbons (Fsp3) is 0.538. The average molecular weight is 225 g/mol. The summed E-state index contributed by atoms with van der Waals surface area (Å²) in [5, 5.41) is 0. The molecule has 16 heavy (non-hydrogen) atoms. The fourth-order valence-electron chi connectivity index (χ4n) is 2.02. The van der Waals surface area contributed by atoms with Gasteiger partial charge in [-0.15, -0.1) is 0 Å². The molecule has 2 rings (SSSR count). The first-order chi connectivity index (χ1) is 7.59. The Kier molecular flexibility index (Phi) is 3.24. The number of hydrogen-bond acceptors (Lipinski definition) is 1. The van der Waals surface area contributed by atoms with E-state index in [1.807, 2.05) is 7.05 Å². The lowest BCUT2D eigenvalue weighted by atomic mass is 10.1. The van der Waals surface area contributed by atoms with Gasteiger partial charge in [0.15, 0.2) is 11.6 Å². The van der Waals surface area contributed by atoms with Gasteiger partial charge in [-0.25, -0.2) is 8.78 Å². The summed E-state index contributed by atoms with van der Waals surface area (Å²) in [5.74, 6) is -0.732. The Morgan fingerprint density at radius 2 is 2.06 bits per heavy atom. The molecule has 88 valence electrons. The first-order valence-corrected chi connectivity index (χ1v) is 5.72. The minimum atomic E-state index is -0.759. The Bertz CT molecular complexity index is 374. The number of hydrogen-bond donors (Lipinski definition) is 0. The van der Waals surface area contributed by atoms with Gasteiger partial charge in [-0.05, 0) is 38.8 Å². The molecule has 1 aromatic rings. The third-order valence-electron chi connectivity index (χ3n) is 3.45. The van der Waals surface area contributed by atoms with Crippen LogP contribution in [0, 0.1) is 17.6 Å². The number of halogens is 2. The minimum absolute atomic E-state index is 0.440. The molecule has 0 bridgehead atoms. The van der Waals surface area contributed by atoms with Crippen molar-refractivity contribution in [1.82, 2.24) is 4.90 Å². The largest absolute Gasteiger partial charge is 0.299 e. The Balaban J connectivity index is 2.05. The van der Waals surface area contributed by atoms with E-state index in [2.05, 4.69) is 11.8 Å². The SMILES string of the molecule is CC(C1CC1)N(C)Cc1cccc(F)c1F. The van der Waals surface area contributed by atoms with Crippen molar-refractivity contribution in [2.75, 3.05) is 7.05 Å². The van der Waals surface area contributed by atoms with Crippen molar-refractivity contribution < 1.29 is 8.78 Å². The highest BCUT2D eigenvalue weighted by Crippen LogP contribution is 2.35. The molecule has 1 nitrogen and oxygen atoms in total. The predicted octanol–water partition coefficient (Wildman–Crippen LogP) is 3.20. The van der Waals surface area contributed by atoms with Crippen molar-refractivity contribution >= 4 is 0 Å². The van der Waals surface area contributed by atoms with Crippen molar-refractivity contribution in [1.29, 1.82) is 0 Å². The highest BCUT2D eigenvalue weighted by Gasteiger charge is 2.30. The Morgan fingerprint density at radius 3 is 2.69 bits per heavy atom. The molecule has 1 aromatic carbocycles. The molecule has 1 unspecified atom stereocenters. The summed E-state index contributed by atoms with van der Waals surface area (Å²) < 4.78 is 26.4. The van der Waals surface area contributed by atoms with Gasteiger partial charge in [-0.3, -0.25) is 4.90 Å². The molecule has 0 amide bonds. The van der Waals surface area contributed by atoms with E-state index in [-0.39, 0.29) is 0 Å². The van der Waals surface area contributed by atoms with Crippen LogP contribution in [0.1, 0.15) is 25.3 Å². The molecule has 3 heteroatoms. The Morgan fingerprint density at radius 1 is 1.38 bits per heavy atom. The molecular weight excluding hydrogens is 208 g/mol. The smallest absolute Gasteiger partial charge is 0.163 e. The van der Waals surface area contributed by atoms with E-state index in [0.717, 1.165) is 12.0 Å². The van der Waals surface area contributed by atoms with Crippen LogP contribution in [0.15, 0.2) is 18.2 Å². The van der Waals surface area contributed by atoms with Gasteiger partial charge in [0.05, 0.1) is 0 Å². The third kappa shape index (κ3) is 2.40. The lowest BCUT2D eigenvalue weighted by molar-refractivity contribution is 0.223.